The highest BCUT2D eigenvalue weighted by molar-refractivity contribution is 8.01. The van der Waals surface area contributed by atoms with Crippen molar-refractivity contribution in [2.45, 2.75) is 48.9 Å². The van der Waals surface area contributed by atoms with E-state index in [1.165, 1.54) is 22.3 Å². The summed E-state index contributed by atoms with van der Waals surface area (Å²) in [6.07, 6.45) is 2.48. The van der Waals surface area contributed by atoms with Crippen LogP contribution >= 0.6 is 11.8 Å². The van der Waals surface area contributed by atoms with Crippen molar-refractivity contribution in [3.63, 3.8) is 0 Å². The van der Waals surface area contributed by atoms with Gasteiger partial charge in [-0.25, -0.2) is 0 Å². The number of nitrogens with one attached hydrogen (secondary N) is 1. The fourth-order valence-electron chi connectivity index (χ4n) is 6.32. The number of benzene rings is 2. The van der Waals surface area contributed by atoms with Crippen molar-refractivity contribution in [1.82, 2.24) is 10.2 Å². The molecule has 2 amide bonds. The summed E-state index contributed by atoms with van der Waals surface area (Å²) in [5.74, 6) is 1.98. The van der Waals surface area contributed by atoms with E-state index in [1.807, 2.05) is 4.90 Å². The lowest BCUT2D eigenvalue weighted by Crippen LogP contribution is -2.51. The fourth-order valence-corrected chi connectivity index (χ4v) is 7.76. The summed E-state index contributed by atoms with van der Waals surface area (Å²) in [5, 5.41) is 3.25. The Morgan fingerprint density at radius 2 is 1.73 bits per heavy atom. The molecule has 2 saturated heterocycles. The molecule has 0 saturated carbocycles. The van der Waals surface area contributed by atoms with Crippen LogP contribution in [-0.2, 0) is 9.59 Å². The van der Waals surface area contributed by atoms with Gasteiger partial charge in [0.2, 0.25) is 11.8 Å². The van der Waals surface area contributed by atoms with Crippen LogP contribution in [0.4, 0.5) is 0 Å². The van der Waals surface area contributed by atoms with Crippen molar-refractivity contribution < 1.29 is 9.59 Å². The van der Waals surface area contributed by atoms with Gasteiger partial charge in [0.05, 0.1) is 4.87 Å². The molecular weight excluding hydrogens is 392 g/mol. The Balaban J connectivity index is 1.24. The Hall–Kier alpha value is -2.27. The van der Waals surface area contributed by atoms with Crippen LogP contribution in [0.25, 0.3) is 0 Å². The maximum Gasteiger partial charge on any atom is 0.243 e. The summed E-state index contributed by atoms with van der Waals surface area (Å²) in [6.45, 7) is 2.77. The third kappa shape index (κ3) is 2.54. The van der Waals surface area contributed by atoms with Crippen LogP contribution in [0.15, 0.2) is 48.5 Å². The zero-order valence-electron chi connectivity index (χ0n) is 17.1. The molecule has 7 rings (SSSR count). The normalized spacial score (nSPS) is 33.2. The van der Waals surface area contributed by atoms with Gasteiger partial charge in [0.25, 0.3) is 0 Å². The highest BCUT2D eigenvalue weighted by atomic mass is 32.2. The molecule has 30 heavy (non-hydrogen) atoms. The van der Waals surface area contributed by atoms with Gasteiger partial charge in [-0.15, -0.1) is 11.8 Å². The van der Waals surface area contributed by atoms with Crippen LogP contribution in [0.3, 0.4) is 0 Å². The highest BCUT2D eigenvalue weighted by Gasteiger charge is 2.53. The largest absolute Gasteiger partial charge is 0.354 e. The molecule has 0 unspecified atom stereocenters. The molecule has 3 atom stereocenters. The molecule has 0 spiro atoms. The maximum absolute atomic E-state index is 13.1. The highest BCUT2D eigenvalue weighted by Crippen LogP contribution is 2.55. The minimum Gasteiger partial charge on any atom is -0.354 e. The molecule has 0 aromatic heterocycles. The van der Waals surface area contributed by atoms with Crippen LogP contribution < -0.4 is 5.32 Å². The molecule has 2 heterocycles. The predicted molar refractivity (Wildman–Crippen MR) is 118 cm³/mol. The molecule has 2 fully saturated rings. The molecular formula is C25H26N2O2S. The van der Waals surface area contributed by atoms with E-state index in [-0.39, 0.29) is 22.7 Å². The molecule has 3 aliphatic carbocycles. The SMILES string of the molecule is C[C@]12CCC(=O)N1[C@@H](C(=O)NC[C@H]1CC3c4ccccc4C1c1ccccc13)CS2. The van der Waals surface area contributed by atoms with E-state index in [1.54, 1.807) is 11.8 Å². The molecule has 5 heteroatoms. The van der Waals surface area contributed by atoms with Gasteiger partial charge in [-0.1, -0.05) is 48.5 Å². The number of thioether (sulfide) groups is 1. The minimum absolute atomic E-state index is 0.0180. The number of carbonyl (C=O) groups excluding carboxylic acids is 2. The van der Waals surface area contributed by atoms with Gasteiger partial charge in [0, 0.05) is 30.6 Å². The van der Waals surface area contributed by atoms with Crippen molar-refractivity contribution in [2.75, 3.05) is 12.3 Å². The number of carbonyl (C=O) groups is 2. The van der Waals surface area contributed by atoms with E-state index in [9.17, 15) is 9.59 Å². The Morgan fingerprint density at radius 1 is 1.10 bits per heavy atom. The molecule has 2 aromatic carbocycles. The number of amides is 2. The summed E-state index contributed by atoms with van der Waals surface area (Å²) < 4.78 is 0. The van der Waals surface area contributed by atoms with Crippen molar-refractivity contribution in [1.29, 1.82) is 0 Å². The third-order valence-corrected chi connectivity index (χ3v) is 9.21. The van der Waals surface area contributed by atoms with Crippen LogP contribution in [0.5, 0.6) is 0 Å². The lowest BCUT2D eigenvalue weighted by atomic mass is 9.59. The van der Waals surface area contributed by atoms with Gasteiger partial charge in [0.1, 0.15) is 6.04 Å². The summed E-state index contributed by atoms with van der Waals surface area (Å²) in [5.41, 5.74) is 5.75. The fraction of sp³-hybridized carbons (Fsp3) is 0.440. The Morgan fingerprint density at radius 3 is 2.40 bits per heavy atom. The van der Waals surface area contributed by atoms with Crippen molar-refractivity contribution in [3.05, 3.63) is 70.8 Å². The predicted octanol–water partition coefficient (Wildman–Crippen LogP) is 3.85. The quantitative estimate of drug-likeness (QED) is 0.824. The van der Waals surface area contributed by atoms with Gasteiger partial charge >= 0.3 is 0 Å². The van der Waals surface area contributed by atoms with E-state index in [0.717, 1.165) is 12.8 Å². The van der Waals surface area contributed by atoms with Gasteiger partial charge < -0.3 is 10.2 Å². The molecule has 154 valence electrons. The summed E-state index contributed by atoms with van der Waals surface area (Å²) in [6, 6.07) is 17.3. The average molecular weight is 419 g/mol. The zero-order valence-corrected chi connectivity index (χ0v) is 18.0. The van der Waals surface area contributed by atoms with Gasteiger partial charge in [-0.3, -0.25) is 9.59 Å². The van der Waals surface area contributed by atoms with Gasteiger partial charge in [-0.05, 0) is 47.9 Å². The van der Waals surface area contributed by atoms with Gasteiger partial charge in [-0.2, -0.15) is 0 Å². The number of rotatable bonds is 3. The van der Waals surface area contributed by atoms with E-state index in [2.05, 4.69) is 60.8 Å². The number of nitrogens with zero attached hydrogens (tertiary/aromatic N) is 1. The molecule has 5 aliphatic rings. The molecule has 1 N–H and O–H groups in total. The summed E-state index contributed by atoms with van der Waals surface area (Å²) in [7, 11) is 0. The van der Waals surface area contributed by atoms with Gasteiger partial charge in [0.15, 0.2) is 0 Å². The molecule has 4 nitrogen and oxygen atoms in total. The molecule has 2 aromatic rings. The monoisotopic (exact) mass is 418 g/mol. The first-order chi connectivity index (χ1) is 14.6. The number of hydrogen-bond donors (Lipinski definition) is 1. The Kier molecular flexibility index (Phi) is 4.08. The molecule has 2 aliphatic heterocycles. The standard InChI is InChI=1S/C25H26N2O2S/c1-25-11-10-22(28)27(25)21(14-30-25)24(29)26-13-15-12-20-16-6-2-4-8-18(16)23(15)19-9-5-3-7-17(19)20/h2-9,15,20-21,23H,10-14H2,1H3,(H,26,29)/t15-,20?,21-,23?,25+/m1/s1. The maximum atomic E-state index is 13.1. The average Bonchev–Trinajstić information content (AvgIpc) is 3.27. The molecule has 2 bridgehead atoms. The summed E-state index contributed by atoms with van der Waals surface area (Å²) >= 11 is 1.75. The number of fused-ring (bicyclic) bond motifs is 2. The minimum atomic E-state index is -0.324. The van der Waals surface area contributed by atoms with E-state index >= 15 is 0 Å². The second kappa shape index (κ2) is 6.61. The first-order valence-corrected chi connectivity index (χ1v) is 12.0. The van der Waals surface area contributed by atoms with Crippen LogP contribution in [0, 0.1) is 5.92 Å². The first-order valence-electron chi connectivity index (χ1n) is 11.0. The second-order valence-corrected chi connectivity index (χ2v) is 10.8. The van der Waals surface area contributed by atoms with E-state index in [0.29, 0.717) is 36.5 Å². The third-order valence-electron chi connectivity index (χ3n) is 7.71. The number of hydrogen-bond acceptors (Lipinski definition) is 3. The zero-order chi connectivity index (χ0) is 20.5. The van der Waals surface area contributed by atoms with Crippen molar-refractivity contribution in [2.24, 2.45) is 5.92 Å². The van der Waals surface area contributed by atoms with Crippen molar-refractivity contribution >= 4 is 23.6 Å². The second-order valence-electron chi connectivity index (χ2n) is 9.29. The smallest absolute Gasteiger partial charge is 0.243 e. The van der Waals surface area contributed by atoms with Crippen LogP contribution in [0.1, 0.15) is 60.3 Å². The topological polar surface area (TPSA) is 49.4 Å². The van der Waals surface area contributed by atoms with Crippen LogP contribution in [-0.4, -0.2) is 39.9 Å². The Bertz CT molecular complexity index is 1010. The first kappa shape index (κ1) is 18.5. The van der Waals surface area contributed by atoms with Crippen LogP contribution in [0.2, 0.25) is 0 Å². The van der Waals surface area contributed by atoms with E-state index < -0.39 is 0 Å². The van der Waals surface area contributed by atoms with E-state index in [4.69, 9.17) is 0 Å². The van der Waals surface area contributed by atoms with Crippen molar-refractivity contribution in [3.8, 4) is 0 Å². The lowest BCUT2D eigenvalue weighted by molar-refractivity contribution is -0.138. The summed E-state index contributed by atoms with van der Waals surface area (Å²) in [4.78, 5) is 27.1. The Labute approximate surface area is 181 Å². The lowest BCUT2D eigenvalue weighted by Gasteiger charge is -2.45. The molecule has 0 radical (unpaired) electrons.